The Balaban J connectivity index is 1.78. The first-order valence-electron chi connectivity index (χ1n) is 8.02. The molecule has 1 aliphatic heterocycles. The highest BCUT2D eigenvalue weighted by atomic mass is 35.5. The van der Waals surface area contributed by atoms with Crippen molar-refractivity contribution in [3.8, 4) is 5.75 Å². The van der Waals surface area contributed by atoms with E-state index < -0.39 is 17.5 Å². The summed E-state index contributed by atoms with van der Waals surface area (Å²) >= 11 is 6.13. The number of piperidine rings is 1. The monoisotopic (exact) mass is 339 g/mol. The molecule has 1 aromatic carbocycles. The number of likely N-dealkylation sites (tertiary alicyclic amines) is 1. The maximum atomic E-state index is 11.9. The quantitative estimate of drug-likeness (QED) is 0.768. The molecule has 1 saturated carbocycles. The fourth-order valence-corrected chi connectivity index (χ4v) is 3.75. The number of rotatable bonds is 5. The fraction of sp³-hybridized carbons (Fsp3) is 0.588. The summed E-state index contributed by atoms with van der Waals surface area (Å²) in [4.78, 5) is 13.9. The molecule has 1 saturated heterocycles. The van der Waals surface area contributed by atoms with Crippen LogP contribution in [0.25, 0.3) is 0 Å². The Bertz CT molecular complexity index is 604. The van der Waals surface area contributed by atoms with Gasteiger partial charge in [0.15, 0.2) is 0 Å². The van der Waals surface area contributed by atoms with Crippen LogP contribution in [0.2, 0.25) is 5.02 Å². The van der Waals surface area contributed by atoms with Gasteiger partial charge in [0, 0.05) is 19.6 Å². The number of phenolic OH excluding ortho intramolecular Hbond substituents is 1. The molecule has 23 heavy (non-hydrogen) atoms. The molecular formula is C17H22ClNO4. The lowest BCUT2D eigenvalue weighted by molar-refractivity contribution is -0.165. The first-order chi connectivity index (χ1) is 10.9. The molecule has 0 radical (unpaired) electrons. The summed E-state index contributed by atoms with van der Waals surface area (Å²) in [5.74, 6) is -0.461. The van der Waals surface area contributed by atoms with Crippen LogP contribution in [0, 0.1) is 11.3 Å². The van der Waals surface area contributed by atoms with Crippen molar-refractivity contribution in [2.75, 3.05) is 13.1 Å². The summed E-state index contributed by atoms with van der Waals surface area (Å²) < 4.78 is 0. The molecule has 126 valence electrons. The van der Waals surface area contributed by atoms with Gasteiger partial charge in [-0.1, -0.05) is 36.6 Å². The van der Waals surface area contributed by atoms with Crippen molar-refractivity contribution in [1.29, 1.82) is 0 Å². The second-order valence-electron chi connectivity index (χ2n) is 6.87. The van der Waals surface area contributed by atoms with Gasteiger partial charge in [-0.2, -0.15) is 0 Å². The maximum absolute atomic E-state index is 11.9. The van der Waals surface area contributed by atoms with Crippen molar-refractivity contribution in [3.63, 3.8) is 0 Å². The predicted molar refractivity (Wildman–Crippen MR) is 86.4 cm³/mol. The highest BCUT2D eigenvalue weighted by Gasteiger charge is 2.51. The number of hydrogen-bond acceptors (Lipinski definition) is 4. The van der Waals surface area contributed by atoms with E-state index in [1.54, 1.807) is 6.07 Å². The van der Waals surface area contributed by atoms with Gasteiger partial charge in [0.05, 0.1) is 11.1 Å². The number of phenols is 1. The van der Waals surface area contributed by atoms with Crippen LogP contribution in [0.5, 0.6) is 5.75 Å². The summed E-state index contributed by atoms with van der Waals surface area (Å²) in [7, 11) is 0. The Hall–Kier alpha value is -1.30. The van der Waals surface area contributed by atoms with E-state index in [1.165, 1.54) is 6.07 Å². The van der Waals surface area contributed by atoms with E-state index in [0.717, 1.165) is 18.4 Å². The van der Waals surface area contributed by atoms with Gasteiger partial charge in [-0.15, -0.1) is 0 Å². The van der Waals surface area contributed by atoms with Crippen LogP contribution in [0.4, 0.5) is 0 Å². The van der Waals surface area contributed by atoms with E-state index in [0.29, 0.717) is 43.4 Å². The molecule has 0 unspecified atom stereocenters. The standard InChI is InChI=1S/C17H22ClNO4/c18-15-12(2-1-3-13(15)20)9-19-7-6-14(21)17(10-19,16(22)23)8-11-4-5-11/h1-3,11,14,20-21H,4-10H2,(H,22,23)/t14-,17+/m0/s1. The van der Waals surface area contributed by atoms with Crippen LogP contribution in [-0.4, -0.2) is 45.4 Å². The topological polar surface area (TPSA) is 81.0 Å². The number of nitrogens with zero attached hydrogens (tertiary/aromatic N) is 1. The molecule has 0 bridgehead atoms. The van der Waals surface area contributed by atoms with Gasteiger partial charge in [0.1, 0.15) is 11.2 Å². The molecule has 1 aliphatic carbocycles. The zero-order valence-electron chi connectivity index (χ0n) is 12.9. The van der Waals surface area contributed by atoms with Gasteiger partial charge < -0.3 is 15.3 Å². The lowest BCUT2D eigenvalue weighted by Gasteiger charge is -2.43. The van der Waals surface area contributed by atoms with Crippen molar-refractivity contribution < 1.29 is 20.1 Å². The average molecular weight is 340 g/mol. The van der Waals surface area contributed by atoms with Crippen LogP contribution in [0.1, 0.15) is 31.2 Å². The van der Waals surface area contributed by atoms with Gasteiger partial charge in [0.2, 0.25) is 0 Å². The first kappa shape index (κ1) is 16.6. The van der Waals surface area contributed by atoms with E-state index in [-0.39, 0.29) is 5.75 Å². The second kappa shape index (κ2) is 6.30. The van der Waals surface area contributed by atoms with Crippen LogP contribution in [0.15, 0.2) is 18.2 Å². The molecule has 1 aromatic rings. The number of aliphatic carboxylic acids is 1. The number of carbonyl (C=O) groups is 1. The third kappa shape index (κ3) is 3.32. The summed E-state index contributed by atoms with van der Waals surface area (Å²) in [5, 5.41) is 30.2. The molecule has 0 aromatic heterocycles. The lowest BCUT2D eigenvalue weighted by atomic mass is 9.73. The minimum absolute atomic E-state index is 0.0312. The van der Waals surface area contributed by atoms with Gasteiger partial charge in [-0.05, 0) is 30.4 Å². The van der Waals surface area contributed by atoms with Gasteiger partial charge in [-0.25, -0.2) is 0 Å². The number of carboxylic acid groups (broad SMARTS) is 1. The van der Waals surface area contributed by atoms with Crippen LogP contribution in [0.3, 0.4) is 0 Å². The number of aliphatic hydroxyl groups excluding tert-OH is 1. The summed E-state index contributed by atoms with van der Waals surface area (Å²) in [6, 6.07) is 5.08. The lowest BCUT2D eigenvalue weighted by Crippen LogP contribution is -2.56. The van der Waals surface area contributed by atoms with Crippen molar-refractivity contribution in [2.45, 2.75) is 38.3 Å². The molecule has 2 aliphatic rings. The number of aromatic hydroxyl groups is 1. The molecule has 0 spiro atoms. The third-order valence-corrected chi connectivity index (χ3v) is 5.53. The van der Waals surface area contributed by atoms with E-state index in [2.05, 4.69) is 0 Å². The molecule has 3 N–H and O–H groups in total. The number of hydrogen-bond donors (Lipinski definition) is 3. The number of halogens is 1. The van der Waals surface area contributed by atoms with Crippen molar-refractivity contribution in [3.05, 3.63) is 28.8 Å². The normalized spacial score (nSPS) is 28.7. The second-order valence-corrected chi connectivity index (χ2v) is 7.25. The van der Waals surface area contributed by atoms with Gasteiger partial charge in [-0.3, -0.25) is 9.69 Å². The number of carboxylic acids is 1. The highest BCUT2D eigenvalue weighted by molar-refractivity contribution is 6.32. The van der Waals surface area contributed by atoms with E-state index >= 15 is 0 Å². The Morgan fingerprint density at radius 1 is 1.35 bits per heavy atom. The average Bonchev–Trinajstić information content (AvgIpc) is 3.31. The molecule has 1 heterocycles. The van der Waals surface area contributed by atoms with Crippen molar-refractivity contribution in [1.82, 2.24) is 4.90 Å². The van der Waals surface area contributed by atoms with E-state index in [9.17, 15) is 20.1 Å². The smallest absolute Gasteiger partial charge is 0.313 e. The SMILES string of the molecule is O=C(O)[C@]1(CC2CC2)CN(Cc2cccc(O)c2Cl)CC[C@@H]1O. The minimum atomic E-state index is -1.09. The fourth-order valence-electron chi connectivity index (χ4n) is 3.56. The summed E-state index contributed by atoms with van der Waals surface area (Å²) in [5.41, 5.74) is -0.323. The molecular weight excluding hydrogens is 318 g/mol. The molecule has 5 nitrogen and oxygen atoms in total. The van der Waals surface area contributed by atoms with Crippen LogP contribution >= 0.6 is 11.6 Å². The highest BCUT2D eigenvalue weighted by Crippen LogP contribution is 2.45. The molecule has 6 heteroatoms. The Labute approximate surface area is 140 Å². The molecule has 0 amide bonds. The number of benzene rings is 1. The molecule has 2 fully saturated rings. The Kier molecular flexibility index (Phi) is 4.54. The Morgan fingerprint density at radius 2 is 2.09 bits per heavy atom. The summed E-state index contributed by atoms with van der Waals surface area (Å²) in [6.07, 6.45) is 2.28. The largest absolute Gasteiger partial charge is 0.506 e. The summed E-state index contributed by atoms with van der Waals surface area (Å²) in [6.45, 7) is 1.40. The predicted octanol–water partition coefficient (Wildman–Crippen LogP) is 2.48. The maximum Gasteiger partial charge on any atom is 0.313 e. The van der Waals surface area contributed by atoms with E-state index in [4.69, 9.17) is 11.6 Å². The molecule has 2 atom stereocenters. The van der Waals surface area contributed by atoms with E-state index in [1.807, 2.05) is 11.0 Å². The zero-order valence-corrected chi connectivity index (χ0v) is 13.7. The van der Waals surface area contributed by atoms with Gasteiger partial charge >= 0.3 is 5.97 Å². The van der Waals surface area contributed by atoms with Crippen LogP contribution < -0.4 is 0 Å². The zero-order chi connectivity index (χ0) is 16.6. The number of aliphatic hydroxyl groups is 1. The molecule has 3 rings (SSSR count). The van der Waals surface area contributed by atoms with Crippen molar-refractivity contribution in [2.24, 2.45) is 11.3 Å². The Morgan fingerprint density at radius 3 is 2.74 bits per heavy atom. The van der Waals surface area contributed by atoms with Crippen molar-refractivity contribution >= 4 is 17.6 Å². The van der Waals surface area contributed by atoms with Crippen LogP contribution in [-0.2, 0) is 11.3 Å². The first-order valence-corrected chi connectivity index (χ1v) is 8.40. The minimum Gasteiger partial charge on any atom is -0.506 e. The third-order valence-electron chi connectivity index (χ3n) is 5.09. The van der Waals surface area contributed by atoms with Gasteiger partial charge in [0.25, 0.3) is 0 Å².